The van der Waals surface area contributed by atoms with Gasteiger partial charge in [0.1, 0.15) is 16.8 Å². The van der Waals surface area contributed by atoms with Crippen LogP contribution in [0.1, 0.15) is 31.9 Å². The van der Waals surface area contributed by atoms with Gasteiger partial charge in [-0.25, -0.2) is 4.79 Å². The highest BCUT2D eigenvalue weighted by molar-refractivity contribution is 5.96. The molecule has 0 N–H and O–H groups in total. The van der Waals surface area contributed by atoms with Crippen molar-refractivity contribution in [3.05, 3.63) is 34.1 Å². The van der Waals surface area contributed by atoms with E-state index in [0.29, 0.717) is 18.0 Å². The van der Waals surface area contributed by atoms with Gasteiger partial charge in [-0.2, -0.15) is 10.1 Å². The summed E-state index contributed by atoms with van der Waals surface area (Å²) in [6.07, 6.45) is 6.23. The van der Waals surface area contributed by atoms with E-state index in [1.165, 1.54) is 36.4 Å². The van der Waals surface area contributed by atoms with Crippen LogP contribution >= 0.6 is 0 Å². The number of furan rings is 1. The Kier molecular flexibility index (Phi) is 5.67. The van der Waals surface area contributed by atoms with Gasteiger partial charge in [0.05, 0.1) is 18.3 Å². The summed E-state index contributed by atoms with van der Waals surface area (Å²) >= 11 is 0. The molecule has 0 radical (unpaired) electrons. The standard InChI is InChI=1S/C17H22N4O5/c1-13(5-6-14-7-8-16(25-14)21(23)24)18-20-12-15(26-17(20)22)11-19-9-3-2-4-10-19/h5-8,15H,2-4,9-12H2,1H3/b6-5-,18-13+/t15-/m0/s1. The van der Waals surface area contributed by atoms with Gasteiger partial charge in [-0.05, 0) is 51.1 Å². The van der Waals surface area contributed by atoms with Crippen molar-refractivity contribution < 1.29 is 18.9 Å². The highest BCUT2D eigenvalue weighted by atomic mass is 16.6. The molecule has 2 saturated heterocycles. The number of ether oxygens (including phenoxy) is 1. The number of hydrazone groups is 1. The monoisotopic (exact) mass is 362 g/mol. The second-order valence-corrected chi connectivity index (χ2v) is 6.46. The Hall–Kier alpha value is -2.68. The van der Waals surface area contributed by atoms with Crippen LogP contribution in [0.15, 0.2) is 27.7 Å². The van der Waals surface area contributed by atoms with Crippen molar-refractivity contribution in [1.29, 1.82) is 0 Å². The van der Waals surface area contributed by atoms with Crippen LogP contribution in [0.3, 0.4) is 0 Å². The fraction of sp³-hybridized carbons (Fsp3) is 0.529. The van der Waals surface area contributed by atoms with Gasteiger partial charge >= 0.3 is 12.0 Å². The summed E-state index contributed by atoms with van der Waals surface area (Å²) in [4.78, 5) is 24.3. The molecule has 1 aromatic rings. The van der Waals surface area contributed by atoms with Crippen molar-refractivity contribution in [1.82, 2.24) is 9.91 Å². The van der Waals surface area contributed by atoms with Crippen molar-refractivity contribution in [2.45, 2.75) is 32.3 Å². The number of carbonyl (C=O) groups is 1. The van der Waals surface area contributed by atoms with Gasteiger partial charge in [0.2, 0.25) is 0 Å². The molecule has 3 rings (SSSR count). The quantitative estimate of drug-likeness (QED) is 0.438. The number of allylic oxidation sites excluding steroid dienone is 1. The van der Waals surface area contributed by atoms with E-state index in [1.54, 1.807) is 19.1 Å². The molecular weight excluding hydrogens is 340 g/mol. The number of hydrogen-bond acceptors (Lipinski definition) is 7. The van der Waals surface area contributed by atoms with Crippen LogP contribution in [-0.4, -0.2) is 58.9 Å². The minimum absolute atomic E-state index is 0.172. The number of carbonyl (C=O) groups excluding carboxylic acids is 1. The van der Waals surface area contributed by atoms with E-state index in [4.69, 9.17) is 9.15 Å². The Bertz CT molecular complexity index is 720. The summed E-state index contributed by atoms with van der Waals surface area (Å²) in [5, 5.41) is 16.2. The maximum absolute atomic E-state index is 12.0. The first kappa shape index (κ1) is 18.1. The molecule has 0 spiro atoms. The molecule has 0 aromatic carbocycles. The third-order valence-corrected chi connectivity index (χ3v) is 4.33. The van der Waals surface area contributed by atoms with Crippen LogP contribution < -0.4 is 0 Å². The molecule has 26 heavy (non-hydrogen) atoms. The third kappa shape index (κ3) is 4.69. The summed E-state index contributed by atoms with van der Waals surface area (Å²) in [7, 11) is 0. The van der Waals surface area contributed by atoms with E-state index in [9.17, 15) is 14.9 Å². The minimum atomic E-state index is -0.596. The Morgan fingerprint density at radius 2 is 2.15 bits per heavy atom. The van der Waals surface area contributed by atoms with Crippen molar-refractivity contribution in [3.63, 3.8) is 0 Å². The topological polar surface area (TPSA) is 101 Å². The minimum Gasteiger partial charge on any atom is -0.441 e. The molecular formula is C17H22N4O5. The van der Waals surface area contributed by atoms with Gasteiger partial charge in [-0.15, -0.1) is 0 Å². The van der Waals surface area contributed by atoms with Gasteiger partial charge in [0.25, 0.3) is 0 Å². The Balaban J connectivity index is 1.55. The summed E-state index contributed by atoms with van der Waals surface area (Å²) in [5.41, 5.74) is 0.569. The normalized spacial score (nSPS) is 22.2. The van der Waals surface area contributed by atoms with Crippen LogP contribution in [0.5, 0.6) is 0 Å². The smallest absolute Gasteiger partial charge is 0.433 e. The van der Waals surface area contributed by atoms with Crippen LogP contribution in [0.2, 0.25) is 0 Å². The molecule has 2 fully saturated rings. The zero-order chi connectivity index (χ0) is 18.5. The highest BCUT2D eigenvalue weighted by Crippen LogP contribution is 2.18. The van der Waals surface area contributed by atoms with E-state index >= 15 is 0 Å². The van der Waals surface area contributed by atoms with Crippen LogP contribution in [0.4, 0.5) is 10.7 Å². The predicted molar refractivity (Wildman–Crippen MR) is 94.8 cm³/mol. The molecule has 0 aliphatic carbocycles. The molecule has 140 valence electrons. The van der Waals surface area contributed by atoms with Gasteiger partial charge in [0.15, 0.2) is 0 Å². The number of hydrogen-bond donors (Lipinski definition) is 0. The van der Waals surface area contributed by atoms with Gasteiger partial charge in [-0.1, -0.05) is 6.42 Å². The van der Waals surface area contributed by atoms with Crippen molar-refractivity contribution >= 4 is 23.8 Å². The van der Waals surface area contributed by atoms with Crippen molar-refractivity contribution in [3.8, 4) is 0 Å². The number of likely N-dealkylation sites (tertiary alicyclic amines) is 1. The third-order valence-electron chi connectivity index (χ3n) is 4.33. The molecule has 1 atom stereocenters. The van der Waals surface area contributed by atoms with Crippen LogP contribution in [0.25, 0.3) is 6.08 Å². The first-order chi connectivity index (χ1) is 12.5. The average molecular weight is 362 g/mol. The van der Waals surface area contributed by atoms with E-state index in [2.05, 4.69) is 10.0 Å². The number of nitrogens with zero attached hydrogens (tertiary/aromatic N) is 4. The van der Waals surface area contributed by atoms with Gasteiger partial charge in [0, 0.05) is 6.54 Å². The first-order valence-electron chi connectivity index (χ1n) is 8.69. The Labute approximate surface area is 151 Å². The van der Waals surface area contributed by atoms with E-state index in [1.807, 2.05) is 0 Å². The lowest BCUT2D eigenvalue weighted by Crippen LogP contribution is -2.37. The summed E-state index contributed by atoms with van der Waals surface area (Å²) in [5.74, 6) is 0.0288. The zero-order valence-electron chi connectivity index (χ0n) is 14.7. The Morgan fingerprint density at radius 3 is 2.85 bits per heavy atom. The maximum Gasteiger partial charge on any atom is 0.433 e. The molecule has 9 nitrogen and oxygen atoms in total. The number of rotatable bonds is 6. The fourth-order valence-electron chi connectivity index (χ4n) is 3.07. The average Bonchev–Trinajstić information content (AvgIpc) is 3.21. The van der Waals surface area contributed by atoms with E-state index < -0.39 is 11.0 Å². The summed E-state index contributed by atoms with van der Waals surface area (Å²) in [6.45, 7) is 5.00. The SMILES string of the molecule is CC(/C=C\c1ccc([N+](=O)[O-])o1)=N\N1C[C@H](CN2CCCCC2)OC1=O. The number of cyclic esters (lactones) is 1. The second-order valence-electron chi connectivity index (χ2n) is 6.46. The van der Waals surface area contributed by atoms with Crippen molar-refractivity contribution in [2.24, 2.45) is 5.10 Å². The molecule has 1 amide bonds. The van der Waals surface area contributed by atoms with Crippen LogP contribution in [0, 0.1) is 10.1 Å². The Morgan fingerprint density at radius 1 is 1.38 bits per heavy atom. The first-order valence-corrected chi connectivity index (χ1v) is 8.69. The highest BCUT2D eigenvalue weighted by Gasteiger charge is 2.32. The lowest BCUT2D eigenvalue weighted by atomic mass is 10.1. The van der Waals surface area contributed by atoms with E-state index in [0.717, 1.165) is 19.6 Å². The van der Waals surface area contributed by atoms with Crippen molar-refractivity contribution in [2.75, 3.05) is 26.2 Å². The number of amides is 1. The molecule has 0 unspecified atom stereocenters. The molecule has 3 heterocycles. The fourth-order valence-corrected chi connectivity index (χ4v) is 3.07. The second kappa shape index (κ2) is 8.13. The number of nitro groups is 1. The number of piperidine rings is 1. The lowest BCUT2D eigenvalue weighted by Gasteiger charge is -2.27. The maximum atomic E-state index is 12.0. The molecule has 0 bridgehead atoms. The summed E-state index contributed by atoms with van der Waals surface area (Å²) in [6, 6.07) is 2.79. The largest absolute Gasteiger partial charge is 0.441 e. The summed E-state index contributed by atoms with van der Waals surface area (Å²) < 4.78 is 10.4. The van der Waals surface area contributed by atoms with Crippen LogP contribution in [-0.2, 0) is 4.74 Å². The predicted octanol–water partition coefficient (Wildman–Crippen LogP) is 2.88. The molecule has 1 aromatic heterocycles. The molecule has 9 heteroatoms. The zero-order valence-corrected chi connectivity index (χ0v) is 14.7. The van der Waals surface area contributed by atoms with Gasteiger partial charge in [-0.3, -0.25) is 15.0 Å². The van der Waals surface area contributed by atoms with E-state index in [-0.39, 0.29) is 12.0 Å². The molecule has 0 saturated carbocycles. The molecule has 2 aliphatic rings. The van der Waals surface area contributed by atoms with Gasteiger partial charge < -0.3 is 9.15 Å². The lowest BCUT2D eigenvalue weighted by molar-refractivity contribution is -0.402. The molecule has 2 aliphatic heterocycles.